The van der Waals surface area contributed by atoms with Crippen LogP contribution in [0, 0.1) is 6.92 Å². The van der Waals surface area contributed by atoms with Crippen molar-refractivity contribution in [2.24, 2.45) is 0 Å². The van der Waals surface area contributed by atoms with E-state index in [0.29, 0.717) is 15.6 Å². The van der Waals surface area contributed by atoms with Crippen molar-refractivity contribution in [1.29, 1.82) is 0 Å². The fourth-order valence-corrected chi connectivity index (χ4v) is 1.25. The van der Waals surface area contributed by atoms with Gasteiger partial charge in [0, 0.05) is 15.6 Å². The minimum Gasteiger partial charge on any atom is -0.545 e. The van der Waals surface area contributed by atoms with Gasteiger partial charge in [-0.1, -0.05) is 23.2 Å². The van der Waals surface area contributed by atoms with Gasteiger partial charge < -0.3 is 9.90 Å². The first kappa shape index (κ1) is 9.36. The van der Waals surface area contributed by atoms with Gasteiger partial charge in [-0.05, 0) is 24.6 Å². The van der Waals surface area contributed by atoms with Crippen molar-refractivity contribution in [2.45, 2.75) is 6.92 Å². The first-order chi connectivity index (χ1) is 5.52. The number of benzene rings is 1. The number of carboxylic acids is 1. The lowest BCUT2D eigenvalue weighted by atomic mass is 10.1. The third-order valence-corrected chi connectivity index (χ3v) is 2.30. The van der Waals surface area contributed by atoms with Gasteiger partial charge in [-0.25, -0.2) is 0 Å². The average Bonchev–Trinajstić information content (AvgIpc) is 1.99. The number of halogens is 2. The zero-order valence-electron chi connectivity index (χ0n) is 6.23. The molecule has 0 heterocycles. The van der Waals surface area contributed by atoms with Gasteiger partial charge in [0.2, 0.25) is 0 Å². The number of rotatable bonds is 1. The Morgan fingerprint density at radius 2 is 1.75 bits per heavy atom. The van der Waals surface area contributed by atoms with Gasteiger partial charge in [-0.2, -0.15) is 0 Å². The highest BCUT2D eigenvalue weighted by atomic mass is 35.5. The molecule has 0 bridgehead atoms. The van der Waals surface area contributed by atoms with Crippen molar-refractivity contribution < 1.29 is 9.90 Å². The molecule has 0 saturated heterocycles. The number of aromatic carboxylic acids is 1. The Morgan fingerprint density at radius 3 is 2.08 bits per heavy atom. The molecule has 4 heteroatoms. The standard InChI is InChI=1S/C8H6Cl2O2/c1-4-6(9)2-5(8(11)12)3-7(4)10/h2-3H,1H3,(H,11,12)/p-1. The molecule has 0 saturated carbocycles. The summed E-state index contributed by atoms with van der Waals surface area (Å²) in [6.45, 7) is 1.71. The number of carbonyl (C=O) groups excluding carboxylic acids is 1. The Bertz CT molecular complexity index is 311. The molecule has 0 radical (unpaired) electrons. The monoisotopic (exact) mass is 203 g/mol. The molecule has 1 aromatic rings. The molecule has 12 heavy (non-hydrogen) atoms. The normalized spacial score (nSPS) is 9.92. The fourth-order valence-electron chi connectivity index (χ4n) is 0.763. The second-order valence-corrected chi connectivity index (χ2v) is 3.17. The van der Waals surface area contributed by atoms with Crippen LogP contribution < -0.4 is 5.11 Å². The summed E-state index contributed by atoms with van der Waals surface area (Å²) >= 11 is 11.4. The minimum absolute atomic E-state index is 0.00407. The van der Waals surface area contributed by atoms with Crippen LogP contribution in [0.4, 0.5) is 0 Å². The Kier molecular flexibility index (Phi) is 2.60. The Hall–Kier alpha value is -0.730. The van der Waals surface area contributed by atoms with Crippen molar-refractivity contribution in [3.63, 3.8) is 0 Å². The van der Waals surface area contributed by atoms with Gasteiger partial charge >= 0.3 is 0 Å². The second kappa shape index (κ2) is 3.33. The molecule has 0 aliphatic carbocycles. The highest BCUT2D eigenvalue weighted by Gasteiger charge is 2.03. The highest BCUT2D eigenvalue weighted by molar-refractivity contribution is 6.36. The van der Waals surface area contributed by atoms with Crippen LogP contribution in [0.1, 0.15) is 15.9 Å². The molecular formula is C8H5Cl2O2-. The van der Waals surface area contributed by atoms with E-state index in [1.165, 1.54) is 12.1 Å². The topological polar surface area (TPSA) is 40.1 Å². The van der Waals surface area contributed by atoms with Crippen LogP contribution >= 0.6 is 23.2 Å². The molecular weight excluding hydrogens is 199 g/mol. The van der Waals surface area contributed by atoms with Crippen molar-refractivity contribution >= 4 is 29.2 Å². The summed E-state index contributed by atoms with van der Waals surface area (Å²) in [6.07, 6.45) is 0. The van der Waals surface area contributed by atoms with E-state index < -0.39 is 5.97 Å². The van der Waals surface area contributed by atoms with E-state index in [0.717, 1.165) is 0 Å². The quantitative estimate of drug-likeness (QED) is 0.697. The third-order valence-electron chi connectivity index (χ3n) is 1.52. The lowest BCUT2D eigenvalue weighted by molar-refractivity contribution is -0.255. The number of hydrogen-bond acceptors (Lipinski definition) is 2. The van der Waals surface area contributed by atoms with E-state index in [1.807, 2.05) is 0 Å². The maximum atomic E-state index is 10.4. The van der Waals surface area contributed by atoms with Gasteiger partial charge in [0.15, 0.2) is 0 Å². The summed E-state index contributed by atoms with van der Waals surface area (Å²) in [7, 11) is 0. The third kappa shape index (κ3) is 1.71. The Morgan fingerprint density at radius 1 is 1.33 bits per heavy atom. The lowest BCUT2D eigenvalue weighted by Gasteiger charge is -2.06. The van der Waals surface area contributed by atoms with Crippen LogP contribution in [0.5, 0.6) is 0 Å². The zero-order valence-corrected chi connectivity index (χ0v) is 7.74. The van der Waals surface area contributed by atoms with Crippen LogP contribution in [0.15, 0.2) is 12.1 Å². The van der Waals surface area contributed by atoms with Gasteiger partial charge in [0.1, 0.15) is 0 Å². The number of carboxylic acid groups (broad SMARTS) is 1. The van der Waals surface area contributed by atoms with E-state index in [2.05, 4.69) is 0 Å². The predicted molar refractivity (Wildman–Crippen MR) is 45.5 cm³/mol. The molecule has 0 aliphatic heterocycles. The molecule has 0 fully saturated rings. The summed E-state index contributed by atoms with van der Waals surface area (Å²) in [5, 5.41) is 11.1. The Balaban J connectivity index is 3.31. The Labute approximate surface area is 79.7 Å². The fraction of sp³-hybridized carbons (Fsp3) is 0.125. The molecule has 0 N–H and O–H groups in total. The largest absolute Gasteiger partial charge is 0.545 e. The van der Waals surface area contributed by atoms with Gasteiger partial charge in [0.25, 0.3) is 0 Å². The lowest BCUT2D eigenvalue weighted by Crippen LogP contribution is -2.22. The van der Waals surface area contributed by atoms with E-state index in [4.69, 9.17) is 23.2 Å². The summed E-state index contributed by atoms with van der Waals surface area (Å²) in [6, 6.07) is 2.64. The van der Waals surface area contributed by atoms with Crippen molar-refractivity contribution in [1.82, 2.24) is 0 Å². The zero-order chi connectivity index (χ0) is 9.30. The maximum Gasteiger partial charge on any atom is 0.0716 e. The van der Waals surface area contributed by atoms with Crippen LogP contribution in [0.2, 0.25) is 10.0 Å². The van der Waals surface area contributed by atoms with Gasteiger partial charge in [-0.15, -0.1) is 0 Å². The predicted octanol–water partition coefficient (Wildman–Crippen LogP) is 1.67. The molecule has 0 unspecified atom stereocenters. The maximum absolute atomic E-state index is 10.4. The molecule has 2 nitrogen and oxygen atoms in total. The molecule has 0 atom stereocenters. The van der Waals surface area contributed by atoms with Crippen molar-refractivity contribution in [3.05, 3.63) is 33.3 Å². The first-order valence-corrected chi connectivity index (χ1v) is 3.95. The molecule has 0 amide bonds. The smallest absolute Gasteiger partial charge is 0.0716 e. The van der Waals surface area contributed by atoms with Crippen LogP contribution in [-0.2, 0) is 0 Å². The average molecular weight is 204 g/mol. The number of carbonyl (C=O) groups is 1. The first-order valence-electron chi connectivity index (χ1n) is 3.19. The highest BCUT2D eigenvalue weighted by Crippen LogP contribution is 2.24. The summed E-state index contributed by atoms with van der Waals surface area (Å²) < 4.78 is 0. The van der Waals surface area contributed by atoms with Crippen molar-refractivity contribution in [3.8, 4) is 0 Å². The van der Waals surface area contributed by atoms with Gasteiger partial charge in [-0.3, -0.25) is 0 Å². The van der Waals surface area contributed by atoms with Crippen LogP contribution in [0.3, 0.4) is 0 Å². The molecule has 0 aliphatic rings. The molecule has 0 aromatic heterocycles. The molecule has 64 valence electrons. The van der Waals surface area contributed by atoms with Crippen molar-refractivity contribution in [2.75, 3.05) is 0 Å². The molecule has 1 rings (SSSR count). The van der Waals surface area contributed by atoms with Gasteiger partial charge in [0.05, 0.1) is 5.97 Å². The summed E-state index contributed by atoms with van der Waals surface area (Å²) in [5.41, 5.74) is 0.666. The van der Waals surface area contributed by atoms with E-state index in [-0.39, 0.29) is 5.56 Å². The molecule has 0 spiro atoms. The minimum atomic E-state index is -1.28. The molecule has 1 aromatic carbocycles. The van der Waals surface area contributed by atoms with E-state index in [9.17, 15) is 9.90 Å². The van der Waals surface area contributed by atoms with E-state index >= 15 is 0 Å². The summed E-state index contributed by atoms with van der Waals surface area (Å²) in [5.74, 6) is -1.28. The second-order valence-electron chi connectivity index (χ2n) is 2.35. The number of hydrogen-bond donors (Lipinski definition) is 0. The SMILES string of the molecule is Cc1c(Cl)cc(C(=O)[O-])cc1Cl. The van der Waals surface area contributed by atoms with Crippen LogP contribution in [0.25, 0.3) is 0 Å². The van der Waals surface area contributed by atoms with Crippen LogP contribution in [-0.4, -0.2) is 5.97 Å². The summed E-state index contributed by atoms with van der Waals surface area (Å²) in [4.78, 5) is 10.4. The van der Waals surface area contributed by atoms with E-state index in [1.54, 1.807) is 6.92 Å².